The maximum absolute atomic E-state index is 11.0. The topological polar surface area (TPSA) is 40.5 Å². The number of fused-ring (bicyclic) bond motifs is 5. The van der Waals surface area contributed by atoms with E-state index in [1.807, 2.05) is 0 Å². The maximum Gasteiger partial charge on any atom is 0.0650 e. The van der Waals surface area contributed by atoms with E-state index >= 15 is 0 Å². The van der Waals surface area contributed by atoms with E-state index in [9.17, 15) is 10.2 Å². The number of hydrogen-bond donors (Lipinski definition) is 2. The zero-order chi connectivity index (χ0) is 17.4. The van der Waals surface area contributed by atoms with E-state index in [1.54, 1.807) is 0 Å². The van der Waals surface area contributed by atoms with Crippen LogP contribution in [0.5, 0.6) is 0 Å². The molecule has 2 heteroatoms. The van der Waals surface area contributed by atoms with Crippen molar-refractivity contribution in [2.45, 2.75) is 104 Å². The van der Waals surface area contributed by atoms with Crippen molar-refractivity contribution >= 4 is 0 Å². The smallest absolute Gasteiger partial charge is 0.0650 e. The molecule has 0 saturated heterocycles. The second-order valence-electron chi connectivity index (χ2n) is 10.8. The van der Waals surface area contributed by atoms with E-state index in [-0.39, 0.29) is 11.5 Å². The first-order valence-electron chi connectivity index (χ1n) is 10.6. The Morgan fingerprint density at radius 1 is 0.875 bits per heavy atom. The van der Waals surface area contributed by atoms with Gasteiger partial charge in [0, 0.05) is 0 Å². The zero-order valence-corrected chi connectivity index (χ0v) is 16.3. The van der Waals surface area contributed by atoms with Gasteiger partial charge in [-0.2, -0.15) is 0 Å². The van der Waals surface area contributed by atoms with Crippen LogP contribution < -0.4 is 0 Å². The van der Waals surface area contributed by atoms with Gasteiger partial charge in [-0.3, -0.25) is 0 Å². The van der Waals surface area contributed by atoms with Crippen molar-refractivity contribution in [1.82, 2.24) is 0 Å². The third-order valence-electron chi connectivity index (χ3n) is 10.1. The Kier molecular flexibility index (Phi) is 3.77. The first kappa shape index (κ1) is 17.3. The van der Waals surface area contributed by atoms with Crippen LogP contribution in [0, 0.1) is 34.0 Å². The standard InChI is InChI=1S/C22H38O2/c1-5-22(24)13-12-21(4)17-9-11-20(3)16(6-7-18(20)23)15(17)8-10-19(21,2)14-22/h15-18,23-24H,5-14H2,1-4H3/t15-,16+,17+,18+,19-,20-,21+,22-/m0/s1. The van der Waals surface area contributed by atoms with Crippen LogP contribution in [0.3, 0.4) is 0 Å². The van der Waals surface area contributed by atoms with E-state index in [0.29, 0.717) is 10.8 Å². The van der Waals surface area contributed by atoms with Crippen LogP contribution in [-0.2, 0) is 0 Å². The Hall–Kier alpha value is -0.0800. The maximum atomic E-state index is 11.0. The molecule has 24 heavy (non-hydrogen) atoms. The van der Waals surface area contributed by atoms with Crippen molar-refractivity contribution in [1.29, 1.82) is 0 Å². The summed E-state index contributed by atoms with van der Waals surface area (Å²) in [5.74, 6) is 2.35. The summed E-state index contributed by atoms with van der Waals surface area (Å²) in [6, 6.07) is 0. The average Bonchev–Trinajstić information content (AvgIpc) is 2.84. The minimum atomic E-state index is -0.423. The van der Waals surface area contributed by atoms with Gasteiger partial charge < -0.3 is 10.2 Å². The first-order valence-corrected chi connectivity index (χ1v) is 10.6. The first-order chi connectivity index (χ1) is 11.2. The molecule has 2 N–H and O–H groups in total. The van der Waals surface area contributed by atoms with Gasteiger partial charge in [-0.15, -0.1) is 0 Å². The molecule has 4 aliphatic rings. The lowest BCUT2D eigenvalue weighted by atomic mass is 9.39. The fraction of sp³-hybridized carbons (Fsp3) is 1.00. The van der Waals surface area contributed by atoms with Crippen LogP contribution >= 0.6 is 0 Å². The summed E-state index contributed by atoms with van der Waals surface area (Å²) in [5, 5.41) is 21.6. The molecular formula is C22H38O2. The number of rotatable bonds is 1. The molecule has 4 aliphatic carbocycles. The number of aliphatic hydroxyl groups is 2. The Morgan fingerprint density at radius 3 is 2.33 bits per heavy atom. The summed E-state index contributed by atoms with van der Waals surface area (Å²) in [5.41, 5.74) is 0.437. The fourth-order valence-electron chi connectivity index (χ4n) is 8.06. The molecule has 0 radical (unpaired) electrons. The summed E-state index contributed by atoms with van der Waals surface area (Å²) in [4.78, 5) is 0. The van der Waals surface area contributed by atoms with Crippen molar-refractivity contribution in [3.8, 4) is 0 Å². The van der Waals surface area contributed by atoms with E-state index < -0.39 is 5.60 Å². The lowest BCUT2D eigenvalue weighted by Gasteiger charge is -2.66. The SMILES string of the molecule is CC[C@]1(O)CC[C@]2(C)[C@@H]3CC[C@]4(C)[C@H](O)CC[C@@H]4[C@@H]3CC[C@@]2(C)C1. The molecule has 4 fully saturated rings. The van der Waals surface area contributed by atoms with Crippen LogP contribution in [0.2, 0.25) is 0 Å². The second kappa shape index (κ2) is 5.22. The summed E-state index contributed by atoms with van der Waals surface area (Å²) < 4.78 is 0. The van der Waals surface area contributed by atoms with Gasteiger partial charge in [0.2, 0.25) is 0 Å². The molecule has 0 amide bonds. The summed E-state index contributed by atoms with van der Waals surface area (Å²) in [6.45, 7) is 9.58. The lowest BCUT2D eigenvalue weighted by Crippen LogP contribution is -2.60. The van der Waals surface area contributed by atoms with E-state index in [0.717, 1.165) is 43.4 Å². The van der Waals surface area contributed by atoms with E-state index in [4.69, 9.17) is 0 Å². The highest BCUT2D eigenvalue weighted by atomic mass is 16.3. The Bertz CT molecular complexity index is 518. The van der Waals surface area contributed by atoms with Gasteiger partial charge in [0.15, 0.2) is 0 Å². The Labute approximate surface area is 148 Å². The molecule has 0 aromatic rings. The largest absolute Gasteiger partial charge is 0.393 e. The predicted molar refractivity (Wildman–Crippen MR) is 97.6 cm³/mol. The highest BCUT2D eigenvalue weighted by Gasteiger charge is 2.64. The van der Waals surface area contributed by atoms with Gasteiger partial charge in [-0.05, 0) is 98.2 Å². The molecule has 8 atom stereocenters. The summed E-state index contributed by atoms with van der Waals surface area (Å²) in [7, 11) is 0. The van der Waals surface area contributed by atoms with Gasteiger partial charge in [0.1, 0.15) is 0 Å². The van der Waals surface area contributed by atoms with Gasteiger partial charge in [0.25, 0.3) is 0 Å². The number of hydrogen-bond acceptors (Lipinski definition) is 2. The predicted octanol–water partition coefficient (Wildman–Crippen LogP) is 4.92. The minimum absolute atomic E-state index is 0.0684. The second-order valence-corrected chi connectivity index (χ2v) is 10.8. The normalized spacial score (nSPS) is 60.2. The zero-order valence-electron chi connectivity index (χ0n) is 16.3. The van der Waals surface area contributed by atoms with E-state index in [2.05, 4.69) is 27.7 Å². The minimum Gasteiger partial charge on any atom is -0.393 e. The molecule has 0 aliphatic heterocycles. The van der Waals surface area contributed by atoms with Crippen molar-refractivity contribution < 1.29 is 10.2 Å². The molecular weight excluding hydrogens is 296 g/mol. The third kappa shape index (κ3) is 2.08. The average molecular weight is 335 g/mol. The summed E-state index contributed by atoms with van der Waals surface area (Å²) in [6.07, 6.45) is 11.4. The van der Waals surface area contributed by atoms with Gasteiger partial charge >= 0.3 is 0 Å². The molecule has 2 nitrogen and oxygen atoms in total. The Balaban J connectivity index is 1.65. The molecule has 4 rings (SSSR count). The van der Waals surface area contributed by atoms with Crippen LogP contribution in [0.25, 0.3) is 0 Å². The van der Waals surface area contributed by atoms with Gasteiger partial charge in [-0.1, -0.05) is 27.7 Å². The highest BCUT2D eigenvalue weighted by Crippen LogP contribution is 2.70. The number of aliphatic hydroxyl groups excluding tert-OH is 1. The van der Waals surface area contributed by atoms with Gasteiger partial charge in [-0.25, -0.2) is 0 Å². The monoisotopic (exact) mass is 334 g/mol. The molecule has 0 aromatic heterocycles. The molecule has 0 heterocycles. The van der Waals surface area contributed by atoms with Crippen LogP contribution in [-0.4, -0.2) is 21.9 Å². The third-order valence-corrected chi connectivity index (χ3v) is 10.1. The molecule has 0 spiro atoms. The van der Waals surface area contributed by atoms with Crippen molar-refractivity contribution in [2.24, 2.45) is 34.0 Å². The van der Waals surface area contributed by atoms with Crippen LogP contribution in [0.1, 0.15) is 91.9 Å². The molecule has 0 bridgehead atoms. The van der Waals surface area contributed by atoms with Crippen LogP contribution in [0.15, 0.2) is 0 Å². The fourth-order valence-corrected chi connectivity index (χ4v) is 8.06. The highest BCUT2D eigenvalue weighted by molar-refractivity contribution is 5.14. The summed E-state index contributed by atoms with van der Waals surface area (Å²) >= 11 is 0. The molecule has 0 unspecified atom stereocenters. The van der Waals surface area contributed by atoms with Crippen molar-refractivity contribution in [2.75, 3.05) is 0 Å². The van der Waals surface area contributed by atoms with Crippen LogP contribution in [0.4, 0.5) is 0 Å². The Morgan fingerprint density at radius 2 is 1.62 bits per heavy atom. The molecule has 138 valence electrons. The molecule has 4 saturated carbocycles. The van der Waals surface area contributed by atoms with E-state index in [1.165, 1.54) is 38.5 Å². The molecule has 0 aromatic carbocycles. The van der Waals surface area contributed by atoms with Gasteiger partial charge in [0.05, 0.1) is 11.7 Å². The quantitative estimate of drug-likeness (QED) is 0.714. The lowest BCUT2D eigenvalue weighted by molar-refractivity contribution is -0.195. The van der Waals surface area contributed by atoms with Crippen molar-refractivity contribution in [3.63, 3.8) is 0 Å². The van der Waals surface area contributed by atoms with Crippen molar-refractivity contribution in [3.05, 3.63) is 0 Å².